The number of piperidine rings is 1. The first-order chi connectivity index (χ1) is 13.6. The van der Waals surface area contributed by atoms with E-state index in [4.69, 9.17) is 22.3 Å². The summed E-state index contributed by atoms with van der Waals surface area (Å²) < 4.78 is 2.00. The molecule has 1 aliphatic carbocycles. The summed E-state index contributed by atoms with van der Waals surface area (Å²) in [7, 11) is 0. The van der Waals surface area contributed by atoms with Gasteiger partial charge >= 0.3 is 0 Å². The zero-order valence-corrected chi connectivity index (χ0v) is 17.2. The Morgan fingerprint density at radius 3 is 2.64 bits per heavy atom. The van der Waals surface area contributed by atoms with E-state index in [2.05, 4.69) is 15.1 Å². The molecule has 1 aromatic carbocycles. The molecular formula is C20H23ClN6S. The van der Waals surface area contributed by atoms with E-state index in [1.165, 1.54) is 19.3 Å². The quantitative estimate of drug-likeness (QED) is 0.697. The normalized spacial score (nSPS) is 21.6. The number of anilines is 1. The largest absolute Gasteiger partial charge is 0.342 e. The molecule has 1 spiro atoms. The second kappa shape index (κ2) is 7.21. The van der Waals surface area contributed by atoms with Gasteiger partial charge in [-0.05, 0) is 55.4 Å². The first-order valence-electron chi connectivity index (χ1n) is 9.77. The summed E-state index contributed by atoms with van der Waals surface area (Å²) in [5.41, 5.74) is 7.61. The van der Waals surface area contributed by atoms with Gasteiger partial charge < -0.3 is 10.6 Å². The van der Waals surface area contributed by atoms with E-state index in [0.29, 0.717) is 11.5 Å². The molecule has 2 fully saturated rings. The van der Waals surface area contributed by atoms with Crippen molar-refractivity contribution in [3.05, 3.63) is 41.8 Å². The Morgan fingerprint density at radius 1 is 1.14 bits per heavy atom. The van der Waals surface area contributed by atoms with Crippen LogP contribution in [-0.2, 0) is 0 Å². The summed E-state index contributed by atoms with van der Waals surface area (Å²) in [5.74, 6) is 0.918. The van der Waals surface area contributed by atoms with Crippen molar-refractivity contribution in [1.82, 2.24) is 19.6 Å². The third-order valence-corrected chi connectivity index (χ3v) is 7.61. The highest BCUT2D eigenvalue weighted by Gasteiger charge is 2.43. The Hall–Kier alpha value is -1.83. The van der Waals surface area contributed by atoms with Crippen LogP contribution >= 0.6 is 23.4 Å². The predicted octanol–water partition coefficient (Wildman–Crippen LogP) is 4.03. The van der Waals surface area contributed by atoms with Crippen LogP contribution in [0.3, 0.4) is 0 Å². The van der Waals surface area contributed by atoms with Gasteiger partial charge in [0.1, 0.15) is 6.33 Å². The number of nitrogens with zero attached hydrogens (tertiary/aromatic N) is 5. The highest BCUT2D eigenvalue weighted by molar-refractivity contribution is 7.99. The van der Waals surface area contributed by atoms with Crippen LogP contribution in [-0.4, -0.2) is 38.7 Å². The van der Waals surface area contributed by atoms with Gasteiger partial charge in [-0.25, -0.2) is 9.38 Å². The zero-order chi connectivity index (χ0) is 19.1. The molecule has 1 saturated carbocycles. The Bertz CT molecular complexity index is 980. The van der Waals surface area contributed by atoms with Crippen LogP contribution in [0.25, 0.3) is 5.65 Å². The molecule has 5 rings (SSSR count). The molecule has 8 heteroatoms. The van der Waals surface area contributed by atoms with E-state index in [-0.39, 0.29) is 0 Å². The molecule has 0 amide bonds. The van der Waals surface area contributed by atoms with Gasteiger partial charge in [-0.3, -0.25) is 0 Å². The second-order valence-corrected chi connectivity index (χ2v) is 9.40. The van der Waals surface area contributed by atoms with Gasteiger partial charge in [0.05, 0.1) is 4.90 Å². The lowest BCUT2D eigenvalue weighted by Gasteiger charge is -2.42. The number of hydrogen-bond donors (Lipinski definition) is 1. The minimum Gasteiger partial charge on any atom is -0.342 e. The first kappa shape index (κ1) is 18.2. The van der Waals surface area contributed by atoms with E-state index in [1.54, 1.807) is 18.1 Å². The summed E-state index contributed by atoms with van der Waals surface area (Å²) in [6.07, 6.45) is 9.66. The summed E-state index contributed by atoms with van der Waals surface area (Å²) in [4.78, 5) is 9.21. The average molecular weight is 415 g/mol. The molecule has 1 saturated heterocycles. The maximum Gasteiger partial charge on any atom is 0.212 e. The number of hydrogen-bond acceptors (Lipinski definition) is 6. The van der Waals surface area contributed by atoms with Crippen molar-refractivity contribution in [2.24, 2.45) is 11.1 Å². The molecule has 2 N–H and O–H groups in total. The van der Waals surface area contributed by atoms with Gasteiger partial charge in [-0.1, -0.05) is 29.8 Å². The van der Waals surface area contributed by atoms with E-state index in [0.717, 1.165) is 52.3 Å². The minimum absolute atomic E-state index is 0.340. The van der Waals surface area contributed by atoms with E-state index in [1.807, 2.05) is 34.9 Å². The Morgan fingerprint density at radius 2 is 1.93 bits per heavy atom. The van der Waals surface area contributed by atoms with Gasteiger partial charge in [0.25, 0.3) is 0 Å². The summed E-state index contributed by atoms with van der Waals surface area (Å²) in [6.45, 7) is 1.97. The van der Waals surface area contributed by atoms with Crippen molar-refractivity contribution >= 4 is 35.0 Å². The number of rotatable bonds is 3. The number of aromatic nitrogens is 4. The smallest absolute Gasteiger partial charge is 0.212 e. The van der Waals surface area contributed by atoms with E-state index < -0.39 is 0 Å². The Balaban J connectivity index is 1.40. The van der Waals surface area contributed by atoms with Gasteiger partial charge in [0, 0.05) is 35.2 Å². The molecule has 2 aromatic heterocycles. The molecule has 6 nitrogen and oxygen atoms in total. The summed E-state index contributed by atoms with van der Waals surface area (Å²) in [6, 6.07) is 8.15. The molecule has 0 bridgehead atoms. The third kappa shape index (κ3) is 3.15. The number of benzene rings is 1. The lowest BCUT2D eigenvalue weighted by atomic mass is 9.74. The Labute approximate surface area is 173 Å². The number of fused-ring (bicyclic) bond motifs is 1. The molecule has 146 valence electrons. The predicted molar refractivity (Wildman–Crippen MR) is 112 cm³/mol. The molecule has 0 radical (unpaired) electrons. The van der Waals surface area contributed by atoms with E-state index >= 15 is 0 Å². The zero-order valence-electron chi connectivity index (χ0n) is 15.6. The van der Waals surface area contributed by atoms with Crippen LogP contribution in [0, 0.1) is 5.41 Å². The van der Waals surface area contributed by atoms with Crippen LogP contribution in [0.15, 0.2) is 46.6 Å². The summed E-state index contributed by atoms with van der Waals surface area (Å²) in [5, 5.41) is 9.23. The van der Waals surface area contributed by atoms with Crippen molar-refractivity contribution in [3.8, 4) is 0 Å². The fourth-order valence-corrected chi connectivity index (χ4v) is 5.65. The van der Waals surface area contributed by atoms with Crippen molar-refractivity contribution in [2.45, 2.75) is 47.9 Å². The fourth-order valence-electron chi connectivity index (χ4n) is 4.66. The van der Waals surface area contributed by atoms with Crippen molar-refractivity contribution in [1.29, 1.82) is 0 Å². The maximum absolute atomic E-state index is 6.43. The topological polar surface area (TPSA) is 72.3 Å². The highest BCUT2D eigenvalue weighted by atomic mass is 35.5. The standard InChI is InChI=1S/C20H23ClN6S/c21-14-3-5-15(6-4-14)28-16-12-23-19(27-13-24-25-18(16)27)26-10-8-20(9-11-26)7-1-2-17(20)22/h3-6,12-13,17H,1-2,7-11,22H2/t17-/m1/s1. The Kier molecular flexibility index (Phi) is 4.69. The van der Waals surface area contributed by atoms with Crippen LogP contribution < -0.4 is 10.6 Å². The van der Waals surface area contributed by atoms with Crippen molar-refractivity contribution < 1.29 is 0 Å². The molecule has 2 aliphatic rings. The molecule has 3 heterocycles. The SMILES string of the molecule is N[C@@H]1CCCC12CCN(c1ncc(Sc3ccc(Cl)cc3)c3nncn13)CC2. The molecule has 28 heavy (non-hydrogen) atoms. The van der Waals surface area contributed by atoms with Crippen LogP contribution in [0.2, 0.25) is 5.02 Å². The maximum atomic E-state index is 6.43. The number of nitrogens with two attached hydrogens (primary N) is 1. The minimum atomic E-state index is 0.340. The third-order valence-electron chi connectivity index (χ3n) is 6.34. The highest BCUT2D eigenvalue weighted by Crippen LogP contribution is 2.46. The molecular weight excluding hydrogens is 392 g/mol. The monoisotopic (exact) mass is 414 g/mol. The van der Waals surface area contributed by atoms with Gasteiger partial charge in [0.2, 0.25) is 5.95 Å². The van der Waals surface area contributed by atoms with Crippen LogP contribution in [0.5, 0.6) is 0 Å². The fraction of sp³-hybridized carbons (Fsp3) is 0.450. The van der Waals surface area contributed by atoms with Gasteiger partial charge in [-0.2, -0.15) is 0 Å². The van der Waals surface area contributed by atoms with Crippen LogP contribution in [0.1, 0.15) is 32.1 Å². The molecule has 3 aromatic rings. The van der Waals surface area contributed by atoms with Gasteiger partial charge in [0.15, 0.2) is 5.65 Å². The lowest BCUT2D eigenvalue weighted by molar-refractivity contribution is 0.197. The van der Waals surface area contributed by atoms with Crippen molar-refractivity contribution in [2.75, 3.05) is 18.0 Å². The molecule has 1 aliphatic heterocycles. The average Bonchev–Trinajstić information content (AvgIpc) is 3.33. The van der Waals surface area contributed by atoms with Crippen molar-refractivity contribution in [3.63, 3.8) is 0 Å². The van der Waals surface area contributed by atoms with Gasteiger partial charge in [-0.15, -0.1) is 10.2 Å². The molecule has 1 atom stereocenters. The van der Waals surface area contributed by atoms with E-state index in [9.17, 15) is 0 Å². The number of halogens is 1. The van der Waals surface area contributed by atoms with Crippen LogP contribution in [0.4, 0.5) is 5.95 Å². The second-order valence-electron chi connectivity index (χ2n) is 7.85. The summed E-state index contributed by atoms with van der Waals surface area (Å²) >= 11 is 7.61. The lowest BCUT2D eigenvalue weighted by Crippen LogP contribution is -2.47. The molecule has 0 unspecified atom stereocenters. The first-order valence-corrected chi connectivity index (χ1v) is 11.0.